The molecule has 0 amide bonds. The summed E-state index contributed by atoms with van der Waals surface area (Å²) < 4.78 is 10.6. The highest BCUT2D eigenvalue weighted by Gasteiger charge is 2.28. The average Bonchev–Trinajstić information content (AvgIpc) is 3.10. The van der Waals surface area contributed by atoms with Crippen molar-refractivity contribution in [3.8, 4) is 17.2 Å². The van der Waals surface area contributed by atoms with E-state index in [9.17, 15) is 5.11 Å². The van der Waals surface area contributed by atoms with Gasteiger partial charge in [0.15, 0.2) is 5.82 Å². The summed E-state index contributed by atoms with van der Waals surface area (Å²) >= 11 is 0. The number of aliphatic hydroxyl groups is 1. The summed E-state index contributed by atoms with van der Waals surface area (Å²) in [6.45, 7) is 3.60. The topological polar surface area (TPSA) is 71.6 Å². The zero-order valence-electron chi connectivity index (χ0n) is 14.3. The van der Waals surface area contributed by atoms with Gasteiger partial charge in [-0.05, 0) is 50.1 Å². The van der Waals surface area contributed by atoms with Crippen LogP contribution in [0, 0.1) is 0 Å². The van der Waals surface area contributed by atoms with Gasteiger partial charge in [0, 0.05) is 11.6 Å². The monoisotopic (exact) mass is 331 g/mol. The second-order valence-corrected chi connectivity index (χ2v) is 6.25. The molecule has 1 aliphatic rings. The predicted octanol–water partition coefficient (Wildman–Crippen LogP) is 2.87. The third-order valence-corrected chi connectivity index (χ3v) is 4.68. The molecule has 1 aromatic carbocycles. The number of methoxy groups -OCH3 is 1. The first-order valence-corrected chi connectivity index (χ1v) is 8.60. The fraction of sp³-hybridized carbons (Fsp3) is 0.556. The zero-order chi connectivity index (χ0) is 16.9. The van der Waals surface area contributed by atoms with E-state index in [4.69, 9.17) is 9.26 Å². The lowest BCUT2D eigenvalue weighted by Gasteiger charge is -2.37. The van der Waals surface area contributed by atoms with E-state index < -0.39 is 0 Å². The van der Waals surface area contributed by atoms with Crippen molar-refractivity contribution >= 4 is 0 Å². The molecular weight excluding hydrogens is 306 g/mol. The summed E-state index contributed by atoms with van der Waals surface area (Å²) in [6.07, 6.45) is 3.82. The van der Waals surface area contributed by atoms with Crippen LogP contribution in [0.15, 0.2) is 28.8 Å². The maximum absolute atomic E-state index is 10.2. The highest BCUT2D eigenvalue weighted by Crippen LogP contribution is 2.24. The van der Waals surface area contributed by atoms with Crippen LogP contribution in [0.5, 0.6) is 5.75 Å². The minimum Gasteiger partial charge on any atom is -0.497 e. The molecule has 0 radical (unpaired) electrons. The van der Waals surface area contributed by atoms with E-state index in [1.807, 2.05) is 31.2 Å². The van der Waals surface area contributed by atoms with Crippen molar-refractivity contribution in [3.63, 3.8) is 0 Å². The minimum atomic E-state index is -0.293. The fourth-order valence-corrected chi connectivity index (χ4v) is 3.27. The van der Waals surface area contributed by atoms with Crippen LogP contribution >= 0.6 is 0 Å². The largest absolute Gasteiger partial charge is 0.497 e. The first-order chi connectivity index (χ1) is 11.7. The van der Waals surface area contributed by atoms with Crippen LogP contribution in [0.2, 0.25) is 0 Å². The molecule has 1 aliphatic heterocycles. The lowest BCUT2D eigenvalue weighted by Crippen LogP contribution is -2.46. The Morgan fingerprint density at radius 3 is 2.83 bits per heavy atom. The van der Waals surface area contributed by atoms with E-state index in [-0.39, 0.29) is 12.1 Å². The number of rotatable bonds is 6. The van der Waals surface area contributed by atoms with Crippen LogP contribution in [0.4, 0.5) is 0 Å². The molecule has 0 saturated carbocycles. The number of piperidine rings is 1. The Morgan fingerprint density at radius 1 is 1.33 bits per heavy atom. The van der Waals surface area contributed by atoms with E-state index in [1.54, 1.807) is 7.11 Å². The molecule has 1 saturated heterocycles. The molecule has 0 bridgehead atoms. The summed E-state index contributed by atoms with van der Waals surface area (Å²) in [4.78, 5) is 6.79. The highest BCUT2D eigenvalue weighted by molar-refractivity contribution is 5.54. The van der Waals surface area contributed by atoms with Gasteiger partial charge in [0.1, 0.15) is 5.75 Å². The standard InChI is InChI=1S/C18H25N3O3/c1-3-16(22)15-6-4-5-11-21(15)12-17-19-18(24-20-17)13-7-9-14(23-2)10-8-13/h7-10,15-16,22H,3-6,11-12H2,1-2H3. The molecule has 0 spiro atoms. The van der Waals surface area contributed by atoms with Gasteiger partial charge in [-0.2, -0.15) is 4.98 Å². The van der Waals surface area contributed by atoms with Crippen molar-refractivity contribution in [2.45, 2.75) is 51.3 Å². The number of hydrogen-bond acceptors (Lipinski definition) is 6. The Kier molecular flexibility index (Phi) is 5.48. The Hall–Kier alpha value is -1.92. The summed E-state index contributed by atoms with van der Waals surface area (Å²) in [6, 6.07) is 7.74. The predicted molar refractivity (Wildman–Crippen MR) is 90.6 cm³/mol. The van der Waals surface area contributed by atoms with Gasteiger partial charge in [-0.1, -0.05) is 18.5 Å². The van der Waals surface area contributed by atoms with Gasteiger partial charge >= 0.3 is 0 Å². The SMILES string of the molecule is CCC(O)C1CCCCN1Cc1noc(-c2ccc(OC)cc2)n1. The van der Waals surface area contributed by atoms with E-state index in [1.165, 1.54) is 6.42 Å². The normalized spacial score (nSPS) is 20.0. The second kappa shape index (κ2) is 7.77. The van der Waals surface area contributed by atoms with Gasteiger partial charge in [-0.25, -0.2) is 0 Å². The first-order valence-electron chi connectivity index (χ1n) is 8.60. The van der Waals surface area contributed by atoms with Gasteiger partial charge < -0.3 is 14.4 Å². The van der Waals surface area contributed by atoms with Crippen LogP contribution in [-0.2, 0) is 6.54 Å². The smallest absolute Gasteiger partial charge is 0.257 e. The average molecular weight is 331 g/mol. The Bertz CT molecular complexity index is 641. The molecule has 24 heavy (non-hydrogen) atoms. The van der Waals surface area contributed by atoms with Gasteiger partial charge in [0.2, 0.25) is 0 Å². The number of aromatic nitrogens is 2. The van der Waals surface area contributed by atoms with Gasteiger partial charge in [0.05, 0.1) is 19.8 Å². The van der Waals surface area contributed by atoms with Crippen LogP contribution in [0.1, 0.15) is 38.4 Å². The third kappa shape index (κ3) is 3.76. The van der Waals surface area contributed by atoms with Crippen molar-refractivity contribution in [2.75, 3.05) is 13.7 Å². The maximum atomic E-state index is 10.2. The van der Waals surface area contributed by atoms with E-state index in [0.29, 0.717) is 18.3 Å². The van der Waals surface area contributed by atoms with Gasteiger partial charge in [-0.3, -0.25) is 4.90 Å². The molecule has 2 atom stereocenters. The third-order valence-electron chi connectivity index (χ3n) is 4.68. The Morgan fingerprint density at radius 2 is 2.12 bits per heavy atom. The maximum Gasteiger partial charge on any atom is 0.257 e. The molecule has 6 nitrogen and oxygen atoms in total. The van der Waals surface area contributed by atoms with E-state index >= 15 is 0 Å². The number of nitrogens with zero attached hydrogens (tertiary/aromatic N) is 3. The molecule has 2 aromatic rings. The van der Waals surface area contributed by atoms with Crippen molar-refractivity contribution in [2.24, 2.45) is 0 Å². The minimum absolute atomic E-state index is 0.187. The van der Waals surface area contributed by atoms with Crippen molar-refractivity contribution in [1.29, 1.82) is 0 Å². The van der Waals surface area contributed by atoms with Crippen LogP contribution in [-0.4, -0.2) is 45.9 Å². The quantitative estimate of drug-likeness (QED) is 0.877. The van der Waals surface area contributed by atoms with E-state index in [0.717, 1.165) is 37.1 Å². The number of aliphatic hydroxyl groups excluding tert-OH is 1. The van der Waals surface area contributed by atoms with Crippen LogP contribution in [0.25, 0.3) is 11.5 Å². The summed E-state index contributed by atoms with van der Waals surface area (Å²) in [5.41, 5.74) is 0.873. The van der Waals surface area contributed by atoms with E-state index in [2.05, 4.69) is 15.0 Å². The van der Waals surface area contributed by atoms with Crippen molar-refractivity contribution < 1.29 is 14.4 Å². The second-order valence-electron chi connectivity index (χ2n) is 6.25. The molecule has 1 fully saturated rings. The molecule has 0 aliphatic carbocycles. The van der Waals surface area contributed by atoms with Crippen LogP contribution in [0.3, 0.4) is 0 Å². The molecule has 1 aromatic heterocycles. The number of hydrogen-bond donors (Lipinski definition) is 1. The lowest BCUT2D eigenvalue weighted by molar-refractivity contribution is 0.0179. The first kappa shape index (κ1) is 16.9. The molecule has 2 unspecified atom stereocenters. The zero-order valence-corrected chi connectivity index (χ0v) is 14.3. The van der Waals surface area contributed by atoms with Gasteiger partial charge in [0.25, 0.3) is 5.89 Å². The lowest BCUT2D eigenvalue weighted by atomic mass is 9.96. The molecule has 3 rings (SSSR count). The molecule has 6 heteroatoms. The fourth-order valence-electron chi connectivity index (χ4n) is 3.27. The highest BCUT2D eigenvalue weighted by atomic mass is 16.5. The number of likely N-dealkylation sites (tertiary alicyclic amines) is 1. The van der Waals surface area contributed by atoms with Crippen molar-refractivity contribution in [1.82, 2.24) is 15.0 Å². The Balaban J connectivity index is 1.70. The van der Waals surface area contributed by atoms with Gasteiger partial charge in [-0.15, -0.1) is 0 Å². The molecular formula is C18H25N3O3. The number of ether oxygens (including phenoxy) is 1. The van der Waals surface area contributed by atoms with Crippen LogP contribution < -0.4 is 4.74 Å². The molecule has 130 valence electrons. The summed E-state index contributed by atoms with van der Waals surface area (Å²) in [5.74, 6) is 1.97. The number of benzene rings is 1. The van der Waals surface area contributed by atoms with Crippen molar-refractivity contribution in [3.05, 3.63) is 30.1 Å². The Labute approximate surface area is 142 Å². The summed E-state index contributed by atoms with van der Waals surface area (Å²) in [7, 11) is 1.64. The summed E-state index contributed by atoms with van der Waals surface area (Å²) in [5, 5.41) is 14.4. The molecule has 2 heterocycles. The molecule has 1 N–H and O–H groups in total.